The van der Waals surface area contributed by atoms with Gasteiger partial charge in [0.05, 0.1) is 12.6 Å². The van der Waals surface area contributed by atoms with Crippen molar-refractivity contribution in [1.82, 2.24) is 15.2 Å². The Balaban J connectivity index is 1.69. The van der Waals surface area contributed by atoms with E-state index in [-0.39, 0.29) is 12.5 Å². The first-order valence-corrected chi connectivity index (χ1v) is 10.7. The quantitative estimate of drug-likeness (QED) is 0.680. The van der Waals surface area contributed by atoms with Gasteiger partial charge in [-0.3, -0.25) is 9.69 Å². The van der Waals surface area contributed by atoms with Crippen molar-refractivity contribution in [3.05, 3.63) is 53.3 Å². The molecule has 2 aromatic rings. The molecule has 166 valence electrons. The minimum Gasteiger partial charge on any atom is -0.444 e. The lowest BCUT2D eigenvalue weighted by Gasteiger charge is -2.29. The molecule has 0 saturated carbocycles. The molecule has 1 saturated heterocycles. The highest BCUT2D eigenvalue weighted by Gasteiger charge is 2.37. The zero-order valence-corrected chi connectivity index (χ0v) is 18.7. The van der Waals surface area contributed by atoms with E-state index in [4.69, 9.17) is 16.3 Å². The average molecular weight is 446 g/mol. The van der Waals surface area contributed by atoms with E-state index in [1.54, 1.807) is 27.0 Å². The van der Waals surface area contributed by atoms with Crippen molar-refractivity contribution in [3.63, 3.8) is 0 Å². The summed E-state index contributed by atoms with van der Waals surface area (Å²) in [7, 11) is 0. The molecule has 2 amide bonds. The molecule has 0 unspecified atom stereocenters. The van der Waals surface area contributed by atoms with Crippen LogP contribution in [0.4, 0.5) is 4.79 Å². The van der Waals surface area contributed by atoms with Crippen LogP contribution in [0.3, 0.4) is 0 Å². The standard InChI is InChI=1S/C23H28ClN3O4/c1-23(2,3)31-22(30)27-13-5-7-19(27)21(29)26-18(14-28)16-10-8-15(9-11-16)17-6-4-12-25-20(17)24/h4,6,8-12,18-19,28H,5,7,13-14H2,1-3H3,(H,26,29)/t18-,19-/m0/s1. The second-order valence-electron chi connectivity index (χ2n) is 8.54. The summed E-state index contributed by atoms with van der Waals surface area (Å²) in [5.74, 6) is -0.304. The average Bonchev–Trinajstić information content (AvgIpc) is 3.22. The lowest BCUT2D eigenvalue weighted by Crippen LogP contribution is -2.48. The fraction of sp³-hybridized carbons (Fsp3) is 0.435. The monoisotopic (exact) mass is 445 g/mol. The Hall–Kier alpha value is -2.64. The summed E-state index contributed by atoms with van der Waals surface area (Å²) in [4.78, 5) is 30.9. The van der Waals surface area contributed by atoms with Gasteiger partial charge < -0.3 is 15.2 Å². The number of likely N-dealkylation sites (tertiary alicyclic amines) is 1. The number of pyridine rings is 1. The Morgan fingerprint density at radius 3 is 2.61 bits per heavy atom. The van der Waals surface area contributed by atoms with Crippen molar-refractivity contribution in [2.45, 2.75) is 51.3 Å². The number of nitrogens with one attached hydrogen (secondary N) is 1. The third kappa shape index (κ3) is 5.74. The molecule has 0 bridgehead atoms. The normalized spacial score (nSPS) is 17.3. The van der Waals surface area contributed by atoms with Gasteiger partial charge in [-0.05, 0) is 56.9 Å². The van der Waals surface area contributed by atoms with Crippen LogP contribution in [0, 0.1) is 0 Å². The summed E-state index contributed by atoms with van der Waals surface area (Å²) in [5, 5.41) is 13.2. The summed E-state index contributed by atoms with van der Waals surface area (Å²) in [6.45, 7) is 5.58. The van der Waals surface area contributed by atoms with Crippen LogP contribution in [0.5, 0.6) is 0 Å². The van der Waals surface area contributed by atoms with Gasteiger partial charge in [0, 0.05) is 18.3 Å². The Morgan fingerprint density at radius 1 is 1.29 bits per heavy atom. The molecule has 1 fully saturated rings. The number of hydrogen-bond acceptors (Lipinski definition) is 5. The molecule has 31 heavy (non-hydrogen) atoms. The maximum atomic E-state index is 12.9. The van der Waals surface area contributed by atoms with Gasteiger partial charge in [0.2, 0.25) is 5.91 Å². The first kappa shape index (κ1) is 23.0. The first-order valence-electron chi connectivity index (χ1n) is 10.3. The van der Waals surface area contributed by atoms with E-state index in [0.717, 1.165) is 23.1 Å². The van der Waals surface area contributed by atoms with Crippen LogP contribution >= 0.6 is 11.6 Å². The predicted molar refractivity (Wildman–Crippen MR) is 119 cm³/mol. The van der Waals surface area contributed by atoms with Crippen molar-refractivity contribution in [2.24, 2.45) is 0 Å². The molecule has 3 rings (SSSR count). The predicted octanol–water partition coefficient (Wildman–Crippen LogP) is 3.95. The number of ether oxygens (including phenoxy) is 1. The number of aliphatic hydroxyl groups excluding tert-OH is 1. The van der Waals surface area contributed by atoms with Crippen molar-refractivity contribution >= 4 is 23.6 Å². The zero-order valence-electron chi connectivity index (χ0n) is 18.0. The third-order valence-electron chi connectivity index (χ3n) is 5.07. The van der Waals surface area contributed by atoms with E-state index >= 15 is 0 Å². The molecule has 7 nitrogen and oxygen atoms in total. The molecule has 1 aliphatic heterocycles. The molecule has 8 heteroatoms. The van der Waals surface area contributed by atoms with Crippen LogP contribution in [0.15, 0.2) is 42.6 Å². The van der Waals surface area contributed by atoms with Gasteiger partial charge in [0.15, 0.2) is 0 Å². The maximum Gasteiger partial charge on any atom is 0.410 e. The highest BCUT2D eigenvalue weighted by Crippen LogP contribution is 2.27. The molecule has 0 radical (unpaired) electrons. The van der Waals surface area contributed by atoms with Crippen LogP contribution in [-0.4, -0.2) is 51.8 Å². The van der Waals surface area contributed by atoms with Gasteiger partial charge in [0.25, 0.3) is 0 Å². The molecule has 0 aliphatic carbocycles. The van der Waals surface area contributed by atoms with E-state index in [1.807, 2.05) is 36.4 Å². The van der Waals surface area contributed by atoms with Crippen molar-refractivity contribution in [2.75, 3.05) is 13.2 Å². The second-order valence-corrected chi connectivity index (χ2v) is 8.90. The molecule has 2 atom stereocenters. The Labute approximate surface area is 187 Å². The van der Waals surface area contributed by atoms with Gasteiger partial charge in [-0.1, -0.05) is 35.9 Å². The highest BCUT2D eigenvalue weighted by molar-refractivity contribution is 6.32. The van der Waals surface area contributed by atoms with Gasteiger partial charge >= 0.3 is 6.09 Å². The highest BCUT2D eigenvalue weighted by atomic mass is 35.5. The first-order chi connectivity index (χ1) is 14.7. The third-order valence-corrected chi connectivity index (χ3v) is 5.37. The van der Waals surface area contributed by atoms with Crippen molar-refractivity contribution in [3.8, 4) is 11.1 Å². The number of amides is 2. The minimum atomic E-state index is -0.632. The fourth-order valence-corrected chi connectivity index (χ4v) is 3.81. The van der Waals surface area contributed by atoms with Gasteiger partial charge in [-0.2, -0.15) is 0 Å². The largest absolute Gasteiger partial charge is 0.444 e. The summed E-state index contributed by atoms with van der Waals surface area (Å²) in [6, 6.07) is 9.89. The number of carbonyl (C=O) groups is 2. The number of benzene rings is 1. The van der Waals surface area contributed by atoms with Gasteiger partial charge in [-0.25, -0.2) is 9.78 Å². The van der Waals surface area contributed by atoms with E-state index in [2.05, 4.69) is 10.3 Å². The Bertz CT molecular complexity index is 927. The fourth-order valence-electron chi connectivity index (χ4n) is 3.58. The van der Waals surface area contributed by atoms with Gasteiger partial charge in [-0.15, -0.1) is 0 Å². The number of halogens is 1. The lowest BCUT2D eigenvalue weighted by molar-refractivity contribution is -0.126. The molecule has 1 aliphatic rings. The molecule has 0 spiro atoms. The van der Waals surface area contributed by atoms with E-state index in [1.165, 1.54) is 4.90 Å². The summed E-state index contributed by atoms with van der Waals surface area (Å²) >= 11 is 6.16. The SMILES string of the molecule is CC(C)(C)OC(=O)N1CCC[C@H]1C(=O)N[C@@H](CO)c1ccc(-c2cccnc2Cl)cc1. The van der Waals surface area contributed by atoms with Crippen molar-refractivity contribution < 1.29 is 19.4 Å². The van der Waals surface area contributed by atoms with E-state index < -0.39 is 23.8 Å². The smallest absolute Gasteiger partial charge is 0.410 e. The van der Waals surface area contributed by atoms with Crippen LogP contribution in [-0.2, 0) is 9.53 Å². The molecule has 2 heterocycles. The van der Waals surface area contributed by atoms with E-state index in [9.17, 15) is 14.7 Å². The molecular formula is C23H28ClN3O4. The Kier molecular flexibility index (Phi) is 7.18. The summed E-state index contributed by atoms with van der Waals surface area (Å²) in [6.07, 6.45) is 2.41. The van der Waals surface area contributed by atoms with E-state index in [0.29, 0.717) is 18.1 Å². The summed E-state index contributed by atoms with van der Waals surface area (Å²) in [5.41, 5.74) is 1.81. The maximum absolute atomic E-state index is 12.9. The second kappa shape index (κ2) is 9.66. The van der Waals surface area contributed by atoms with Gasteiger partial charge in [0.1, 0.15) is 16.8 Å². The molecule has 1 aromatic carbocycles. The number of aromatic nitrogens is 1. The van der Waals surface area contributed by atoms with Crippen LogP contribution in [0.25, 0.3) is 11.1 Å². The number of carbonyl (C=O) groups excluding carboxylic acids is 2. The number of hydrogen-bond donors (Lipinski definition) is 2. The van der Waals surface area contributed by atoms with Crippen LogP contribution < -0.4 is 5.32 Å². The van der Waals surface area contributed by atoms with Crippen LogP contribution in [0.2, 0.25) is 5.15 Å². The summed E-state index contributed by atoms with van der Waals surface area (Å²) < 4.78 is 5.42. The molecule has 2 N–H and O–H groups in total. The lowest BCUT2D eigenvalue weighted by atomic mass is 10.0. The molecular weight excluding hydrogens is 418 g/mol. The minimum absolute atomic E-state index is 0.266. The Morgan fingerprint density at radius 2 is 2.00 bits per heavy atom. The molecule has 1 aromatic heterocycles. The topological polar surface area (TPSA) is 91.8 Å². The van der Waals surface area contributed by atoms with Crippen molar-refractivity contribution in [1.29, 1.82) is 0 Å². The number of rotatable bonds is 5. The number of aliphatic hydroxyl groups is 1. The number of nitrogens with zero attached hydrogens (tertiary/aromatic N) is 2. The van der Waals surface area contributed by atoms with Crippen LogP contribution in [0.1, 0.15) is 45.2 Å². The zero-order chi connectivity index (χ0) is 22.6.